The summed E-state index contributed by atoms with van der Waals surface area (Å²) in [6, 6.07) is 52.9. The lowest BCUT2D eigenvalue weighted by molar-refractivity contribution is 0.651. The van der Waals surface area contributed by atoms with E-state index in [2.05, 4.69) is 206 Å². The molecule has 0 spiro atoms. The maximum atomic E-state index is 4.18. The largest absolute Gasteiger partial charge is 0.309 e. The van der Waals surface area contributed by atoms with Crippen LogP contribution in [-0.4, -0.2) is 0 Å². The first-order valence-electron chi connectivity index (χ1n) is 21.0. The van der Waals surface area contributed by atoms with Crippen LogP contribution >= 0.6 is 0 Å². The molecule has 0 aliphatic heterocycles. The fraction of sp³-hybridized carbons (Fsp3) is 0.172. The Kier molecular flexibility index (Phi) is 8.15. The molecule has 288 valence electrons. The van der Waals surface area contributed by atoms with Crippen molar-refractivity contribution < 1.29 is 0 Å². The SMILES string of the molecule is C=C/C=C(\C=C)c1ccc(N(c2ccc3c(c2)C(C)(C)c2ccccc2-3)c2cccc3c2-c2cc4c(cc2C3(C)C)-c2ccc(C)cc2C4(C)C)c(-c2ccccc2)c1. The monoisotopic (exact) mass is 761 g/mol. The zero-order valence-corrected chi connectivity index (χ0v) is 35.4. The standard InChI is InChI=1S/C58H51N/c1-10-18-37(11-2)39-26-30-53(44(32-39)38-19-13-12-14-20-38)59(40-27-29-42-41-21-15-16-22-47(41)56(4,5)50(42)33-40)54-24-17-23-48-55(54)46-35-51-45(34-52(46)57(48,6)7)43-28-25-36(3)31-49(43)58(51,8)9/h10-35H,1-2H2,3-9H3/b37-18+. The minimum Gasteiger partial charge on any atom is -0.309 e. The van der Waals surface area contributed by atoms with E-state index in [1.807, 2.05) is 18.2 Å². The molecule has 59 heavy (non-hydrogen) atoms. The van der Waals surface area contributed by atoms with E-state index in [1.165, 1.54) is 78.0 Å². The smallest absolute Gasteiger partial charge is 0.0543 e. The van der Waals surface area contributed by atoms with Crippen molar-refractivity contribution in [2.75, 3.05) is 4.90 Å². The molecule has 7 aromatic carbocycles. The van der Waals surface area contributed by atoms with Gasteiger partial charge in [-0.2, -0.15) is 0 Å². The highest BCUT2D eigenvalue weighted by atomic mass is 15.1. The van der Waals surface area contributed by atoms with Gasteiger partial charge >= 0.3 is 0 Å². The molecule has 0 aromatic heterocycles. The lowest BCUT2D eigenvalue weighted by atomic mass is 9.79. The van der Waals surface area contributed by atoms with Crippen LogP contribution in [0.5, 0.6) is 0 Å². The number of hydrogen-bond donors (Lipinski definition) is 0. The van der Waals surface area contributed by atoms with Crippen molar-refractivity contribution >= 4 is 22.6 Å². The second-order valence-electron chi connectivity index (χ2n) is 18.3. The summed E-state index contributed by atoms with van der Waals surface area (Å²) in [7, 11) is 0. The molecule has 10 rings (SSSR count). The predicted molar refractivity (Wildman–Crippen MR) is 252 cm³/mol. The van der Waals surface area contributed by atoms with E-state index < -0.39 is 0 Å². The topological polar surface area (TPSA) is 3.24 Å². The first-order valence-corrected chi connectivity index (χ1v) is 21.0. The molecule has 0 saturated heterocycles. The van der Waals surface area contributed by atoms with E-state index in [0.717, 1.165) is 33.6 Å². The summed E-state index contributed by atoms with van der Waals surface area (Å²) in [4.78, 5) is 2.55. The number of allylic oxidation sites excluding steroid dienone is 4. The summed E-state index contributed by atoms with van der Waals surface area (Å²) in [6.45, 7) is 24.8. The van der Waals surface area contributed by atoms with Gasteiger partial charge in [0.25, 0.3) is 0 Å². The minimum atomic E-state index is -0.207. The fourth-order valence-electron chi connectivity index (χ4n) is 10.7. The number of rotatable bonds is 7. The van der Waals surface area contributed by atoms with Crippen molar-refractivity contribution in [1.82, 2.24) is 0 Å². The average molecular weight is 762 g/mol. The van der Waals surface area contributed by atoms with Crippen molar-refractivity contribution in [3.8, 4) is 44.5 Å². The molecule has 0 atom stereocenters. The summed E-state index contributed by atoms with van der Waals surface area (Å²) >= 11 is 0. The molecule has 0 radical (unpaired) electrons. The molecule has 0 fully saturated rings. The van der Waals surface area contributed by atoms with Gasteiger partial charge in [0, 0.05) is 33.1 Å². The predicted octanol–water partition coefficient (Wildman–Crippen LogP) is 15.8. The number of anilines is 3. The van der Waals surface area contributed by atoms with E-state index in [4.69, 9.17) is 0 Å². The second kappa shape index (κ2) is 13.0. The maximum Gasteiger partial charge on any atom is 0.0543 e. The van der Waals surface area contributed by atoms with E-state index in [0.29, 0.717) is 0 Å². The van der Waals surface area contributed by atoms with Gasteiger partial charge in [-0.1, -0.05) is 176 Å². The molecule has 0 N–H and O–H groups in total. The summed E-state index contributed by atoms with van der Waals surface area (Å²) in [5.41, 5.74) is 25.0. The summed E-state index contributed by atoms with van der Waals surface area (Å²) in [5.74, 6) is 0. The number of nitrogens with zero attached hydrogens (tertiary/aromatic N) is 1. The third-order valence-corrected chi connectivity index (χ3v) is 13.9. The molecule has 3 aliphatic rings. The lowest BCUT2D eigenvalue weighted by Crippen LogP contribution is -2.18. The first kappa shape index (κ1) is 36.9. The Labute approximate surface area is 350 Å². The third kappa shape index (κ3) is 5.30. The van der Waals surface area contributed by atoms with Crippen LogP contribution < -0.4 is 4.90 Å². The molecule has 7 aromatic rings. The van der Waals surface area contributed by atoms with Crippen LogP contribution in [0.25, 0.3) is 50.1 Å². The van der Waals surface area contributed by atoms with Crippen molar-refractivity contribution in [1.29, 1.82) is 0 Å². The Morgan fingerprint density at radius 2 is 1.08 bits per heavy atom. The molecule has 0 heterocycles. The van der Waals surface area contributed by atoms with Gasteiger partial charge in [-0.15, -0.1) is 0 Å². The molecule has 0 saturated carbocycles. The summed E-state index contributed by atoms with van der Waals surface area (Å²) < 4.78 is 0. The third-order valence-electron chi connectivity index (χ3n) is 13.9. The highest BCUT2D eigenvalue weighted by Gasteiger charge is 2.43. The molecule has 0 bridgehead atoms. The minimum absolute atomic E-state index is 0.119. The first-order chi connectivity index (χ1) is 28.4. The Morgan fingerprint density at radius 1 is 0.475 bits per heavy atom. The zero-order chi connectivity index (χ0) is 41.0. The van der Waals surface area contributed by atoms with Crippen LogP contribution in [0, 0.1) is 6.92 Å². The van der Waals surface area contributed by atoms with Crippen molar-refractivity contribution in [3.63, 3.8) is 0 Å². The van der Waals surface area contributed by atoms with E-state index in [-0.39, 0.29) is 16.2 Å². The number of fused-ring (bicyclic) bond motifs is 9. The Morgan fingerprint density at radius 3 is 1.86 bits per heavy atom. The molecule has 3 aliphatic carbocycles. The highest BCUT2D eigenvalue weighted by Crippen LogP contribution is 2.60. The van der Waals surface area contributed by atoms with Crippen LogP contribution in [0.1, 0.15) is 86.1 Å². The lowest BCUT2D eigenvalue weighted by Gasteiger charge is -2.32. The van der Waals surface area contributed by atoms with Crippen molar-refractivity contribution in [2.45, 2.75) is 64.7 Å². The zero-order valence-electron chi connectivity index (χ0n) is 35.4. The van der Waals surface area contributed by atoms with Crippen LogP contribution in [0.2, 0.25) is 0 Å². The van der Waals surface area contributed by atoms with Gasteiger partial charge in [0.05, 0.1) is 11.4 Å². The van der Waals surface area contributed by atoms with Gasteiger partial charge in [-0.05, 0) is 127 Å². The van der Waals surface area contributed by atoms with Gasteiger partial charge in [-0.25, -0.2) is 0 Å². The number of benzene rings is 7. The molecule has 1 nitrogen and oxygen atoms in total. The van der Waals surface area contributed by atoms with Gasteiger partial charge in [0.2, 0.25) is 0 Å². The van der Waals surface area contributed by atoms with E-state index >= 15 is 0 Å². The second-order valence-corrected chi connectivity index (χ2v) is 18.3. The van der Waals surface area contributed by atoms with Gasteiger partial charge < -0.3 is 4.90 Å². The van der Waals surface area contributed by atoms with Gasteiger partial charge in [0.15, 0.2) is 0 Å². The number of hydrogen-bond acceptors (Lipinski definition) is 1. The van der Waals surface area contributed by atoms with Crippen LogP contribution in [0.3, 0.4) is 0 Å². The highest BCUT2D eigenvalue weighted by molar-refractivity contribution is 6.00. The Balaban J connectivity index is 1.27. The van der Waals surface area contributed by atoms with Crippen LogP contribution in [0.15, 0.2) is 171 Å². The average Bonchev–Trinajstić information content (AvgIpc) is 3.71. The van der Waals surface area contributed by atoms with Gasteiger partial charge in [-0.3, -0.25) is 0 Å². The summed E-state index contributed by atoms with van der Waals surface area (Å²) in [5, 5.41) is 0. The fourth-order valence-corrected chi connectivity index (χ4v) is 10.7. The maximum absolute atomic E-state index is 4.18. The van der Waals surface area contributed by atoms with Crippen molar-refractivity contribution in [2.24, 2.45) is 0 Å². The Bertz CT molecular complexity index is 2950. The normalized spacial score (nSPS) is 15.7. The molecular formula is C58H51N. The van der Waals surface area contributed by atoms with Crippen LogP contribution in [0.4, 0.5) is 17.1 Å². The number of aryl methyl sites for hydroxylation is 1. The summed E-state index contributed by atoms with van der Waals surface area (Å²) in [6.07, 6.45) is 5.80. The van der Waals surface area contributed by atoms with Crippen LogP contribution in [-0.2, 0) is 16.2 Å². The van der Waals surface area contributed by atoms with Crippen molar-refractivity contribution in [3.05, 3.63) is 215 Å². The molecule has 0 amide bonds. The molecule has 1 heteroatoms. The molecular weight excluding hydrogens is 711 g/mol. The van der Waals surface area contributed by atoms with E-state index in [9.17, 15) is 0 Å². The van der Waals surface area contributed by atoms with E-state index in [1.54, 1.807) is 0 Å². The molecule has 0 unspecified atom stereocenters. The Hall–Kier alpha value is -6.44. The quantitative estimate of drug-likeness (QED) is 0.146. The van der Waals surface area contributed by atoms with Gasteiger partial charge in [0.1, 0.15) is 0 Å².